The zero-order valence-electron chi connectivity index (χ0n) is 17.6. The van der Waals surface area contributed by atoms with Crippen LogP contribution in [-0.4, -0.2) is 64.3 Å². The number of thioether (sulfide) groups is 1. The number of para-hydroxylation sites is 2. The van der Waals surface area contributed by atoms with Crippen LogP contribution in [0.5, 0.6) is 5.75 Å². The van der Waals surface area contributed by atoms with Crippen molar-refractivity contribution >= 4 is 29.0 Å². The minimum absolute atomic E-state index is 0.0292. The number of anilines is 1. The molecule has 32 heavy (non-hydrogen) atoms. The van der Waals surface area contributed by atoms with Crippen LogP contribution >= 0.6 is 11.8 Å². The molecule has 2 aromatic carbocycles. The lowest BCUT2D eigenvalue weighted by Crippen LogP contribution is -2.49. The number of rotatable bonds is 7. The number of nitro groups is 1. The second-order valence-electron chi connectivity index (χ2n) is 7.18. The Morgan fingerprint density at radius 2 is 1.84 bits per heavy atom. The highest BCUT2D eigenvalue weighted by Crippen LogP contribution is 2.28. The van der Waals surface area contributed by atoms with E-state index in [4.69, 9.17) is 4.74 Å². The summed E-state index contributed by atoms with van der Waals surface area (Å²) in [6.07, 6.45) is 3.57. The molecular formula is C22H23N5O4S. The van der Waals surface area contributed by atoms with Crippen molar-refractivity contribution < 1.29 is 14.5 Å². The number of hydrogen-bond donors (Lipinski definition) is 0. The summed E-state index contributed by atoms with van der Waals surface area (Å²) in [6, 6.07) is 14.4. The van der Waals surface area contributed by atoms with Gasteiger partial charge in [-0.15, -0.1) is 0 Å². The van der Waals surface area contributed by atoms with E-state index < -0.39 is 0 Å². The minimum atomic E-state index is -0.367. The van der Waals surface area contributed by atoms with Crippen molar-refractivity contribution in [2.75, 3.05) is 43.9 Å². The third-order valence-corrected chi connectivity index (χ3v) is 6.29. The average molecular weight is 454 g/mol. The molecule has 1 aliphatic heterocycles. The van der Waals surface area contributed by atoms with E-state index >= 15 is 0 Å². The predicted octanol–water partition coefficient (Wildman–Crippen LogP) is 3.23. The number of amides is 1. The zero-order valence-corrected chi connectivity index (χ0v) is 18.4. The van der Waals surface area contributed by atoms with Gasteiger partial charge < -0.3 is 14.5 Å². The third-order valence-electron chi connectivity index (χ3n) is 5.33. The molecule has 1 amide bonds. The Kier molecular flexibility index (Phi) is 6.60. The first-order chi connectivity index (χ1) is 15.6. The molecular weight excluding hydrogens is 430 g/mol. The number of nitro benzene ring substituents is 1. The highest BCUT2D eigenvalue weighted by atomic mass is 32.2. The van der Waals surface area contributed by atoms with Gasteiger partial charge in [-0.1, -0.05) is 23.9 Å². The molecule has 0 atom stereocenters. The number of carbonyl (C=O) groups excluding carboxylic acids is 1. The summed E-state index contributed by atoms with van der Waals surface area (Å²) in [5, 5.41) is 12.0. The predicted molar refractivity (Wildman–Crippen MR) is 123 cm³/mol. The average Bonchev–Trinajstić information content (AvgIpc) is 3.31. The first kappa shape index (κ1) is 21.7. The van der Waals surface area contributed by atoms with Crippen molar-refractivity contribution in [3.63, 3.8) is 0 Å². The second-order valence-corrected chi connectivity index (χ2v) is 8.12. The molecule has 1 saturated heterocycles. The van der Waals surface area contributed by atoms with E-state index in [1.165, 1.54) is 17.8 Å². The number of hydrogen-bond acceptors (Lipinski definition) is 7. The van der Waals surface area contributed by atoms with E-state index in [-0.39, 0.29) is 22.3 Å². The van der Waals surface area contributed by atoms with Gasteiger partial charge in [-0.05, 0) is 30.3 Å². The Bertz CT molecular complexity index is 1090. The molecule has 0 spiro atoms. The van der Waals surface area contributed by atoms with Crippen LogP contribution in [0.4, 0.5) is 11.4 Å². The normalized spacial score (nSPS) is 13.8. The molecule has 0 aliphatic carbocycles. The van der Waals surface area contributed by atoms with Crippen LogP contribution in [0.1, 0.15) is 0 Å². The van der Waals surface area contributed by atoms with Crippen molar-refractivity contribution in [3.05, 3.63) is 71.0 Å². The van der Waals surface area contributed by atoms with Crippen LogP contribution in [-0.2, 0) is 4.79 Å². The largest absolute Gasteiger partial charge is 0.497 e. The van der Waals surface area contributed by atoms with Crippen molar-refractivity contribution in [1.82, 2.24) is 14.5 Å². The summed E-state index contributed by atoms with van der Waals surface area (Å²) in [7, 11) is 1.63. The summed E-state index contributed by atoms with van der Waals surface area (Å²) in [6.45, 7) is 2.17. The number of aromatic nitrogens is 2. The number of methoxy groups -OCH3 is 1. The first-order valence-electron chi connectivity index (χ1n) is 10.1. The molecule has 2 heterocycles. The maximum atomic E-state index is 12.8. The topological polar surface area (TPSA) is 93.7 Å². The fraction of sp³-hybridized carbons (Fsp3) is 0.273. The molecule has 1 aliphatic rings. The lowest BCUT2D eigenvalue weighted by atomic mass is 10.2. The molecule has 0 N–H and O–H groups in total. The van der Waals surface area contributed by atoms with E-state index in [0.717, 1.165) is 16.6 Å². The van der Waals surface area contributed by atoms with E-state index in [0.29, 0.717) is 31.9 Å². The summed E-state index contributed by atoms with van der Waals surface area (Å²) in [4.78, 5) is 31.8. The molecule has 10 heteroatoms. The highest BCUT2D eigenvalue weighted by molar-refractivity contribution is 7.99. The minimum Gasteiger partial charge on any atom is -0.497 e. The van der Waals surface area contributed by atoms with Gasteiger partial charge in [0.2, 0.25) is 5.91 Å². The highest BCUT2D eigenvalue weighted by Gasteiger charge is 2.25. The van der Waals surface area contributed by atoms with E-state index in [1.807, 2.05) is 39.9 Å². The van der Waals surface area contributed by atoms with E-state index in [9.17, 15) is 14.9 Å². The summed E-state index contributed by atoms with van der Waals surface area (Å²) in [5.74, 6) is 1.08. The number of piperazine rings is 1. The van der Waals surface area contributed by atoms with Crippen LogP contribution in [0.3, 0.4) is 0 Å². The first-order valence-corrected chi connectivity index (χ1v) is 11.1. The zero-order chi connectivity index (χ0) is 22.5. The fourth-order valence-corrected chi connectivity index (χ4v) is 4.51. The Morgan fingerprint density at radius 3 is 2.53 bits per heavy atom. The van der Waals surface area contributed by atoms with E-state index in [1.54, 1.807) is 36.4 Å². The smallest absolute Gasteiger partial charge is 0.292 e. The lowest BCUT2D eigenvalue weighted by molar-refractivity contribution is -0.384. The van der Waals surface area contributed by atoms with E-state index in [2.05, 4.69) is 4.98 Å². The molecule has 3 aromatic rings. The van der Waals surface area contributed by atoms with Crippen molar-refractivity contribution in [2.24, 2.45) is 0 Å². The van der Waals surface area contributed by atoms with Crippen molar-refractivity contribution in [2.45, 2.75) is 5.16 Å². The SMILES string of the molecule is COc1ccc(-n2ccnc2SCC(=O)N2CCN(c3ccccc3[N+](=O)[O-])CC2)cc1. The molecule has 0 bridgehead atoms. The Morgan fingerprint density at radius 1 is 1.12 bits per heavy atom. The quantitative estimate of drug-likeness (QED) is 0.308. The monoisotopic (exact) mass is 453 g/mol. The van der Waals surface area contributed by atoms with Gasteiger partial charge >= 0.3 is 0 Å². The Balaban J connectivity index is 1.34. The summed E-state index contributed by atoms with van der Waals surface area (Å²) < 4.78 is 7.13. The maximum Gasteiger partial charge on any atom is 0.292 e. The summed E-state index contributed by atoms with van der Waals surface area (Å²) >= 11 is 1.39. The van der Waals surface area contributed by atoms with Crippen LogP contribution in [0, 0.1) is 10.1 Å². The molecule has 4 rings (SSSR count). The van der Waals surface area contributed by atoms with Crippen LogP contribution < -0.4 is 9.64 Å². The van der Waals surface area contributed by atoms with Crippen LogP contribution in [0.2, 0.25) is 0 Å². The number of benzene rings is 2. The van der Waals surface area contributed by atoms with Crippen LogP contribution in [0.15, 0.2) is 66.1 Å². The molecule has 1 aromatic heterocycles. The van der Waals surface area contributed by atoms with Crippen molar-refractivity contribution in [1.29, 1.82) is 0 Å². The maximum absolute atomic E-state index is 12.8. The van der Waals surface area contributed by atoms with Gasteiger partial charge in [0.05, 0.1) is 17.8 Å². The van der Waals surface area contributed by atoms with Gasteiger partial charge in [0.15, 0.2) is 5.16 Å². The molecule has 0 radical (unpaired) electrons. The number of ether oxygens (including phenoxy) is 1. The standard InChI is InChI=1S/C22H23N5O4S/c1-31-18-8-6-17(7-9-18)26-11-10-23-22(26)32-16-21(28)25-14-12-24(13-15-25)19-4-2-3-5-20(19)27(29)30/h2-11H,12-16H2,1H3. The second kappa shape index (κ2) is 9.73. The molecule has 166 valence electrons. The molecule has 0 saturated carbocycles. The third kappa shape index (κ3) is 4.70. The van der Waals surface area contributed by atoms with Gasteiger partial charge in [-0.2, -0.15) is 0 Å². The number of carbonyl (C=O) groups is 1. The van der Waals surface area contributed by atoms with Gasteiger partial charge in [-0.3, -0.25) is 19.5 Å². The van der Waals surface area contributed by atoms with Gasteiger partial charge in [0, 0.05) is 50.3 Å². The lowest BCUT2D eigenvalue weighted by Gasteiger charge is -2.35. The number of imidazole rings is 1. The van der Waals surface area contributed by atoms with Crippen LogP contribution in [0.25, 0.3) is 5.69 Å². The van der Waals surface area contributed by atoms with Crippen molar-refractivity contribution in [3.8, 4) is 11.4 Å². The molecule has 9 nitrogen and oxygen atoms in total. The fourth-order valence-electron chi connectivity index (χ4n) is 3.64. The molecule has 0 unspecified atom stereocenters. The van der Waals surface area contributed by atoms with Gasteiger partial charge in [0.1, 0.15) is 11.4 Å². The summed E-state index contributed by atoms with van der Waals surface area (Å²) in [5.41, 5.74) is 1.63. The number of nitrogens with zero attached hydrogens (tertiary/aromatic N) is 5. The Hall–Kier alpha value is -3.53. The molecule has 1 fully saturated rings. The van der Waals surface area contributed by atoms with Gasteiger partial charge in [-0.25, -0.2) is 4.98 Å². The van der Waals surface area contributed by atoms with Gasteiger partial charge in [0.25, 0.3) is 5.69 Å². The Labute approximate surface area is 189 Å².